The lowest BCUT2D eigenvalue weighted by Crippen LogP contribution is -1.97. The molecule has 0 spiro atoms. The molecule has 2 N–H and O–H groups in total. The van der Waals surface area contributed by atoms with E-state index < -0.39 is 0 Å². The van der Waals surface area contributed by atoms with Crippen LogP contribution in [0, 0.1) is 0 Å². The molecule has 0 rings (SSSR count). The van der Waals surface area contributed by atoms with Crippen molar-refractivity contribution >= 4 is 18.9 Å². The molecular weight excluding hydrogens is 110 g/mol. The number of thiol groups is 1. The summed E-state index contributed by atoms with van der Waals surface area (Å²) in [6.45, 7) is 2.13. The normalized spacial score (nSPS) is 6.14. The van der Waals surface area contributed by atoms with Crippen molar-refractivity contribution in [2.45, 2.75) is 6.92 Å². The summed E-state index contributed by atoms with van der Waals surface area (Å²) in [6, 6.07) is 0. The highest BCUT2D eigenvalue weighted by Crippen LogP contribution is 1.58. The van der Waals surface area contributed by atoms with Gasteiger partial charge in [0.1, 0.15) is 6.29 Å². The van der Waals surface area contributed by atoms with Gasteiger partial charge in [0.15, 0.2) is 0 Å². The molecule has 0 unspecified atom stereocenters. The van der Waals surface area contributed by atoms with E-state index in [-0.39, 0.29) is 0 Å². The molecule has 0 heterocycles. The Balaban J connectivity index is 0. The Morgan fingerprint density at radius 3 is 2.00 bits per heavy atom. The minimum Gasteiger partial charge on any atom is -0.330 e. The predicted octanol–water partition coefficient (Wildman–Crippen LogP) is 0.0801. The molecule has 0 saturated heterocycles. The van der Waals surface area contributed by atoms with Gasteiger partial charge in [-0.05, 0) is 6.92 Å². The maximum Gasteiger partial charge on any atom is 0.116 e. The number of aldehydes is 1. The van der Waals surface area contributed by atoms with E-state index in [2.05, 4.69) is 12.6 Å². The van der Waals surface area contributed by atoms with Gasteiger partial charge in [-0.15, -0.1) is 0 Å². The number of hydrogen-bond donors (Lipinski definition) is 2. The molecule has 3 heteroatoms. The van der Waals surface area contributed by atoms with Crippen LogP contribution in [0.4, 0.5) is 0 Å². The van der Waals surface area contributed by atoms with Gasteiger partial charge in [-0.3, -0.25) is 0 Å². The van der Waals surface area contributed by atoms with Crippen molar-refractivity contribution in [2.75, 3.05) is 12.3 Å². The van der Waals surface area contributed by atoms with Crippen LogP contribution in [0.3, 0.4) is 0 Å². The first kappa shape index (κ1) is 10.1. The number of carbonyl (C=O) groups is 1. The first-order chi connectivity index (χ1) is 3.33. The minimum absolute atomic E-state index is 0.684. The standard InChI is InChI=1S/C2H7NS.C2H4O/c3-1-2-4;1-2-3/h4H,1-3H2;2H,1H3. The molecule has 0 radical (unpaired) electrons. The van der Waals surface area contributed by atoms with Crippen LogP contribution in [-0.4, -0.2) is 18.6 Å². The summed E-state index contributed by atoms with van der Waals surface area (Å²) in [5.41, 5.74) is 4.95. The molecule has 0 aliphatic rings. The van der Waals surface area contributed by atoms with E-state index in [0.29, 0.717) is 6.54 Å². The summed E-state index contributed by atoms with van der Waals surface area (Å²) in [7, 11) is 0. The lowest BCUT2D eigenvalue weighted by Gasteiger charge is -1.69. The molecule has 2 nitrogen and oxygen atoms in total. The van der Waals surface area contributed by atoms with Gasteiger partial charge in [0.05, 0.1) is 0 Å². The van der Waals surface area contributed by atoms with Crippen molar-refractivity contribution in [1.29, 1.82) is 0 Å². The molecule has 0 amide bonds. The first-order valence-electron chi connectivity index (χ1n) is 2.04. The smallest absolute Gasteiger partial charge is 0.116 e. The van der Waals surface area contributed by atoms with Crippen molar-refractivity contribution in [2.24, 2.45) is 5.73 Å². The van der Waals surface area contributed by atoms with Crippen molar-refractivity contribution in [3.8, 4) is 0 Å². The molecule has 0 aromatic carbocycles. The minimum atomic E-state index is 0.684. The third-order valence-electron chi connectivity index (χ3n) is 0.129. The monoisotopic (exact) mass is 121 g/mol. The Morgan fingerprint density at radius 1 is 1.86 bits per heavy atom. The van der Waals surface area contributed by atoms with Gasteiger partial charge in [-0.2, -0.15) is 12.6 Å². The Bertz CT molecular complexity index is 30.9. The van der Waals surface area contributed by atoms with E-state index in [9.17, 15) is 0 Å². The molecule has 0 saturated carbocycles. The Hall–Kier alpha value is -0.0200. The molecule has 44 valence electrons. The van der Waals surface area contributed by atoms with Crippen molar-refractivity contribution in [3.05, 3.63) is 0 Å². The van der Waals surface area contributed by atoms with Crippen LogP contribution in [0.1, 0.15) is 6.92 Å². The van der Waals surface area contributed by atoms with E-state index in [1.807, 2.05) is 0 Å². The predicted molar refractivity (Wildman–Crippen MR) is 34.6 cm³/mol. The highest BCUT2D eigenvalue weighted by molar-refractivity contribution is 7.80. The third kappa shape index (κ3) is 98.6. The van der Waals surface area contributed by atoms with E-state index in [1.54, 1.807) is 0 Å². The van der Waals surface area contributed by atoms with Gasteiger partial charge in [0, 0.05) is 12.3 Å². The fourth-order valence-electron chi connectivity index (χ4n) is 0. The van der Waals surface area contributed by atoms with Gasteiger partial charge >= 0.3 is 0 Å². The number of carbonyl (C=O) groups excluding carboxylic acids is 1. The molecular formula is C4H11NOS. The molecule has 0 aromatic rings. The Labute approximate surface area is 49.5 Å². The highest BCUT2D eigenvalue weighted by atomic mass is 32.1. The molecule has 0 aliphatic heterocycles. The van der Waals surface area contributed by atoms with Gasteiger partial charge in [0.25, 0.3) is 0 Å². The second-order valence-corrected chi connectivity index (χ2v) is 1.20. The summed E-state index contributed by atoms with van der Waals surface area (Å²) in [5, 5.41) is 0. The van der Waals surface area contributed by atoms with Crippen LogP contribution in [0.25, 0.3) is 0 Å². The second-order valence-electron chi connectivity index (χ2n) is 0.748. The first-order valence-corrected chi connectivity index (χ1v) is 2.67. The maximum atomic E-state index is 8.81. The Kier molecular flexibility index (Phi) is 24.0. The van der Waals surface area contributed by atoms with Crippen LogP contribution < -0.4 is 5.73 Å². The molecule has 0 atom stereocenters. The quantitative estimate of drug-likeness (QED) is 0.381. The lowest BCUT2D eigenvalue weighted by atomic mass is 10.8. The van der Waals surface area contributed by atoms with Crippen LogP contribution >= 0.6 is 12.6 Å². The SMILES string of the molecule is CC=O.NCCS. The summed E-state index contributed by atoms with van der Waals surface area (Å²) in [4.78, 5) is 8.81. The highest BCUT2D eigenvalue weighted by Gasteiger charge is 1.56. The number of hydrogen-bond acceptors (Lipinski definition) is 3. The average Bonchev–Trinajstić information content (AvgIpc) is 1.69. The van der Waals surface area contributed by atoms with E-state index in [4.69, 9.17) is 10.5 Å². The summed E-state index contributed by atoms with van der Waals surface area (Å²) in [5.74, 6) is 0.792. The van der Waals surface area contributed by atoms with Gasteiger partial charge in [0.2, 0.25) is 0 Å². The zero-order valence-electron chi connectivity index (χ0n) is 4.42. The van der Waals surface area contributed by atoms with Crippen LogP contribution in [0.15, 0.2) is 0 Å². The largest absolute Gasteiger partial charge is 0.330 e. The van der Waals surface area contributed by atoms with Gasteiger partial charge in [-0.25, -0.2) is 0 Å². The summed E-state index contributed by atoms with van der Waals surface area (Å²) >= 11 is 3.80. The average molecular weight is 121 g/mol. The van der Waals surface area contributed by atoms with E-state index >= 15 is 0 Å². The molecule has 0 fully saturated rings. The Morgan fingerprint density at radius 2 is 2.00 bits per heavy atom. The van der Waals surface area contributed by atoms with Crippen molar-refractivity contribution in [1.82, 2.24) is 0 Å². The zero-order valence-corrected chi connectivity index (χ0v) is 5.32. The fourth-order valence-corrected chi connectivity index (χ4v) is 0. The van der Waals surface area contributed by atoms with Crippen LogP contribution in [0.5, 0.6) is 0 Å². The van der Waals surface area contributed by atoms with Crippen molar-refractivity contribution in [3.63, 3.8) is 0 Å². The van der Waals surface area contributed by atoms with E-state index in [1.165, 1.54) is 6.92 Å². The van der Waals surface area contributed by atoms with Crippen LogP contribution in [0.2, 0.25) is 0 Å². The molecule has 0 aromatic heterocycles. The summed E-state index contributed by atoms with van der Waals surface area (Å²) in [6.07, 6.45) is 0.750. The molecule has 7 heavy (non-hydrogen) atoms. The van der Waals surface area contributed by atoms with Crippen LogP contribution in [-0.2, 0) is 4.79 Å². The fraction of sp³-hybridized carbons (Fsp3) is 0.750. The van der Waals surface area contributed by atoms with Crippen molar-refractivity contribution < 1.29 is 4.79 Å². The lowest BCUT2D eigenvalue weighted by molar-refractivity contribution is -0.106. The van der Waals surface area contributed by atoms with E-state index in [0.717, 1.165) is 12.0 Å². The van der Waals surface area contributed by atoms with Gasteiger partial charge in [-0.1, -0.05) is 0 Å². The zero-order chi connectivity index (χ0) is 6.12. The second kappa shape index (κ2) is 16.7. The summed E-state index contributed by atoms with van der Waals surface area (Å²) < 4.78 is 0. The third-order valence-corrected chi connectivity index (χ3v) is 0.387. The van der Waals surface area contributed by atoms with Gasteiger partial charge < -0.3 is 10.5 Å². The maximum absolute atomic E-state index is 8.81. The topological polar surface area (TPSA) is 43.1 Å². The molecule has 0 bridgehead atoms. The molecule has 0 aliphatic carbocycles. The number of rotatable bonds is 1. The number of nitrogens with two attached hydrogens (primary N) is 1.